The van der Waals surface area contributed by atoms with Crippen molar-refractivity contribution in [3.8, 4) is 0 Å². The maximum atomic E-state index is 5.65. The van der Waals surface area contributed by atoms with Gasteiger partial charge in [0.15, 0.2) is 0 Å². The summed E-state index contributed by atoms with van der Waals surface area (Å²) in [7, 11) is 2.01. The summed E-state index contributed by atoms with van der Waals surface area (Å²) < 4.78 is 2.04. The number of nitrogens with zero attached hydrogens (tertiary/aromatic N) is 3. The van der Waals surface area contributed by atoms with Crippen LogP contribution in [0.5, 0.6) is 0 Å². The first kappa shape index (κ1) is 13.3. The Morgan fingerprint density at radius 1 is 1.40 bits per heavy atom. The van der Waals surface area contributed by atoms with Gasteiger partial charge in [-0.2, -0.15) is 0 Å². The van der Waals surface area contributed by atoms with Gasteiger partial charge in [0.2, 0.25) is 0 Å². The molecular formula is C15H18N4S. The lowest BCUT2D eigenvalue weighted by Gasteiger charge is -2.12. The summed E-state index contributed by atoms with van der Waals surface area (Å²) in [5.41, 5.74) is 10.1. The SMILES string of the molecule is CCC(c1ccc2c(c1)ncn2C)c1nc(CN)cs1. The van der Waals surface area contributed by atoms with Crippen molar-refractivity contribution in [1.82, 2.24) is 14.5 Å². The molecule has 3 rings (SSSR count). The van der Waals surface area contributed by atoms with E-state index in [0.717, 1.165) is 28.2 Å². The van der Waals surface area contributed by atoms with Crippen molar-refractivity contribution in [3.63, 3.8) is 0 Å². The number of benzene rings is 1. The largest absolute Gasteiger partial charge is 0.334 e. The van der Waals surface area contributed by atoms with E-state index in [1.165, 1.54) is 5.56 Å². The molecule has 0 bridgehead atoms. The summed E-state index contributed by atoms with van der Waals surface area (Å²) >= 11 is 1.70. The lowest BCUT2D eigenvalue weighted by molar-refractivity contribution is 0.763. The summed E-state index contributed by atoms with van der Waals surface area (Å²) in [6.45, 7) is 2.70. The number of aryl methyl sites for hydroxylation is 1. The monoisotopic (exact) mass is 286 g/mol. The normalized spacial score (nSPS) is 12.9. The highest BCUT2D eigenvalue weighted by Gasteiger charge is 2.17. The van der Waals surface area contributed by atoms with E-state index in [2.05, 4.69) is 40.5 Å². The molecule has 0 aliphatic rings. The molecule has 0 spiro atoms. The molecule has 20 heavy (non-hydrogen) atoms. The van der Waals surface area contributed by atoms with Crippen LogP contribution in [0, 0.1) is 0 Å². The summed E-state index contributed by atoms with van der Waals surface area (Å²) in [6, 6.07) is 6.49. The number of thiazole rings is 1. The summed E-state index contributed by atoms with van der Waals surface area (Å²) in [4.78, 5) is 9.07. The molecule has 0 fully saturated rings. The maximum Gasteiger partial charge on any atom is 0.100 e. The molecule has 5 heteroatoms. The zero-order valence-electron chi connectivity index (χ0n) is 11.7. The Kier molecular flexibility index (Phi) is 3.54. The predicted molar refractivity (Wildman–Crippen MR) is 82.9 cm³/mol. The fraction of sp³-hybridized carbons (Fsp3) is 0.333. The number of fused-ring (bicyclic) bond motifs is 1. The highest BCUT2D eigenvalue weighted by atomic mass is 32.1. The second-order valence-electron chi connectivity index (χ2n) is 4.95. The van der Waals surface area contributed by atoms with Gasteiger partial charge in [0, 0.05) is 24.9 Å². The van der Waals surface area contributed by atoms with Gasteiger partial charge in [0.1, 0.15) is 5.01 Å². The van der Waals surface area contributed by atoms with Crippen molar-refractivity contribution >= 4 is 22.4 Å². The van der Waals surface area contributed by atoms with Crippen molar-refractivity contribution in [2.45, 2.75) is 25.8 Å². The Labute approximate surface area is 122 Å². The van der Waals surface area contributed by atoms with Gasteiger partial charge in [0.25, 0.3) is 0 Å². The maximum absolute atomic E-state index is 5.65. The van der Waals surface area contributed by atoms with Crippen molar-refractivity contribution in [2.75, 3.05) is 0 Å². The predicted octanol–water partition coefficient (Wildman–Crippen LogP) is 3.03. The number of aromatic nitrogens is 3. The van der Waals surface area contributed by atoms with Crippen LogP contribution in [-0.4, -0.2) is 14.5 Å². The van der Waals surface area contributed by atoms with Crippen LogP contribution in [0.1, 0.15) is 35.5 Å². The number of imidazole rings is 1. The first-order chi connectivity index (χ1) is 9.72. The fourth-order valence-electron chi connectivity index (χ4n) is 2.50. The molecule has 2 N–H and O–H groups in total. The summed E-state index contributed by atoms with van der Waals surface area (Å²) in [5.74, 6) is 0.326. The minimum absolute atomic E-state index is 0.326. The number of nitrogens with two attached hydrogens (primary N) is 1. The van der Waals surface area contributed by atoms with Crippen LogP contribution in [0.15, 0.2) is 29.9 Å². The molecule has 3 aromatic rings. The van der Waals surface area contributed by atoms with Crippen LogP contribution in [0.2, 0.25) is 0 Å². The zero-order valence-corrected chi connectivity index (χ0v) is 12.5. The smallest absolute Gasteiger partial charge is 0.100 e. The molecule has 1 aromatic carbocycles. The van der Waals surface area contributed by atoms with E-state index in [1.807, 2.05) is 17.9 Å². The van der Waals surface area contributed by atoms with Crippen LogP contribution < -0.4 is 5.73 Å². The van der Waals surface area contributed by atoms with E-state index in [0.29, 0.717) is 12.5 Å². The van der Waals surface area contributed by atoms with Gasteiger partial charge in [-0.25, -0.2) is 9.97 Å². The highest BCUT2D eigenvalue weighted by Crippen LogP contribution is 2.31. The topological polar surface area (TPSA) is 56.7 Å². The van der Waals surface area contributed by atoms with Crippen LogP contribution in [0.4, 0.5) is 0 Å². The summed E-state index contributed by atoms with van der Waals surface area (Å²) in [5, 5.41) is 3.19. The van der Waals surface area contributed by atoms with Crippen molar-refractivity contribution in [2.24, 2.45) is 12.8 Å². The third kappa shape index (κ3) is 2.23. The lowest BCUT2D eigenvalue weighted by atomic mass is 9.97. The van der Waals surface area contributed by atoms with Gasteiger partial charge in [-0.1, -0.05) is 13.0 Å². The molecule has 0 amide bonds. The van der Waals surface area contributed by atoms with E-state index >= 15 is 0 Å². The van der Waals surface area contributed by atoms with Gasteiger partial charge < -0.3 is 10.3 Å². The Balaban J connectivity index is 2.01. The molecule has 2 heterocycles. The molecule has 0 aliphatic carbocycles. The van der Waals surface area contributed by atoms with Crippen LogP contribution in [0.3, 0.4) is 0 Å². The minimum atomic E-state index is 0.326. The zero-order chi connectivity index (χ0) is 14.1. The third-order valence-corrected chi connectivity index (χ3v) is 4.64. The second kappa shape index (κ2) is 5.34. The van der Waals surface area contributed by atoms with E-state index in [-0.39, 0.29) is 0 Å². The van der Waals surface area contributed by atoms with Crippen LogP contribution in [-0.2, 0) is 13.6 Å². The molecular weight excluding hydrogens is 268 g/mol. The fourth-order valence-corrected chi connectivity index (χ4v) is 3.54. The molecule has 1 unspecified atom stereocenters. The molecule has 1 atom stereocenters. The molecule has 4 nitrogen and oxygen atoms in total. The standard InChI is InChI=1S/C15H18N4S/c1-3-12(15-18-11(7-16)8-20-15)10-4-5-14-13(6-10)17-9-19(14)2/h4-6,8-9,12H,3,7,16H2,1-2H3. The van der Waals surface area contributed by atoms with Gasteiger partial charge >= 0.3 is 0 Å². The first-order valence-electron chi connectivity index (χ1n) is 6.78. The average molecular weight is 286 g/mol. The molecule has 0 aliphatic heterocycles. The van der Waals surface area contributed by atoms with Gasteiger partial charge in [-0.3, -0.25) is 0 Å². The Bertz CT molecular complexity index is 728. The molecule has 0 radical (unpaired) electrons. The Morgan fingerprint density at radius 2 is 2.25 bits per heavy atom. The number of rotatable bonds is 4. The molecule has 0 saturated heterocycles. The second-order valence-corrected chi connectivity index (χ2v) is 5.84. The Hall–Kier alpha value is -1.72. The van der Waals surface area contributed by atoms with Crippen LogP contribution >= 0.6 is 11.3 Å². The van der Waals surface area contributed by atoms with Crippen molar-refractivity contribution in [3.05, 3.63) is 46.2 Å². The van der Waals surface area contributed by atoms with Gasteiger partial charge in [-0.05, 0) is 24.1 Å². The Morgan fingerprint density at radius 3 is 2.95 bits per heavy atom. The minimum Gasteiger partial charge on any atom is -0.334 e. The number of hydrogen-bond acceptors (Lipinski definition) is 4. The van der Waals surface area contributed by atoms with Gasteiger partial charge in [0.05, 0.1) is 23.1 Å². The molecule has 0 saturated carbocycles. The summed E-state index contributed by atoms with van der Waals surface area (Å²) in [6.07, 6.45) is 2.88. The molecule has 2 aromatic heterocycles. The van der Waals surface area contributed by atoms with E-state index in [9.17, 15) is 0 Å². The van der Waals surface area contributed by atoms with E-state index < -0.39 is 0 Å². The first-order valence-corrected chi connectivity index (χ1v) is 7.66. The van der Waals surface area contributed by atoms with Crippen molar-refractivity contribution in [1.29, 1.82) is 0 Å². The quantitative estimate of drug-likeness (QED) is 0.802. The third-order valence-electron chi connectivity index (χ3n) is 3.64. The van der Waals surface area contributed by atoms with Crippen molar-refractivity contribution < 1.29 is 0 Å². The average Bonchev–Trinajstić information content (AvgIpc) is 3.07. The highest BCUT2D eigenvalue weighted by molar-refractivity contribution is 7.09. The lowest BCUT2D eigenvalue weighted by Crippen LogP contribution is -2.01. The van der Waals surface area contributed by atoms with Crippen LogP contribution in [0.25, 0.3) is 11.0 Å². The van der Waals surface area contributed by atoms with E-state index in [4.69, 9.17) is 5.73 Å². The molecule has 104 valence electrons. The van der Waals surface area contributed by atoms with Gasteiger partial charge in [-0.15, -0.1) is 11.3 Å². The van der Waals surface area contributed by atoms with E-state index in [1.54, 1.807) is 11.3 Å². The number of hydrogen-bond donors (Lipinski definition) is 1.